The quantitative estimate of drug-likeness (QED) is 0.850. The molecule has 3 N–H and O–H groups in total. The molecule has 0 aliphatic carbocycles. The van der Waals surface area contributed by atoms with Gasteiger partial charge >= 0.3 is 0 Å². The minimum absolute atomic E-state index is 0.0968. The molecule has 0 atom stereocenters. The second-order valence-corrected chi connectivity index (χ2v) is 5.69. The third-order valence-electron chi connectivity index (χ3n) is 2.67. The van der Waals surface area contributed by atoms with Crippen molar-refractivity contribution in [3.8, 4) is 6.07 Å². The fraction of sp³-hybridized carbons (Fsp3) is 0. The average molecular weight is 309 g/mol. The maximum Gasteiger partial charge on any atom is 0.263 e. The summed E-state index contributed by atoms with van der Waals surface area (Å²) in [7, 11) is -4.20. The van der Waals surface area contributed by atoms with Crippen molar-refractivity contribution < 1.29 is 17.2 Å². The van der Waals surface area contributed by atoms with Crippen molar-refractivity contribution in [2.45, 2.75) is 4.90 Å². The lowest BCUT2D eigenvalue weighted by Gasteiger charge is -2.11. The van der Waals surface area contributed by atoms with Crippen LogP contribution in [0.2, 0.25) is 0 Å². The Morgan fingerprint density at radius 3 is 2.48 bits per heavy atom. The maximum atomic E-state index is 13.7. The van der Waals surface area contributed by atoms with E-state index in [1.54, 1.807) is 6.07 Å². The van der Waals surface area contributed by atoms with Gasteiger partial charge in [-0.05, 0) is 24.3 Å². The first-order valence-electron chi connectivity index (χ1n) is 5.62. The van der Waals surface area contributed by atoms with E-state index < -0.39 is 33.0 Å². The smallest absolute Gasteiger partial charge is 0.263 e. The summed E-state index contributed by atoms with van der Waals surface area (Å²) in [6.07, 6.45) is 0. The summed E-state index contributed by atoms with van der Waals surface area (Å²) in [5, 5.41) is 8.90. The molecule has 2 aromatic rings. The van der Waals surface area contributed by atoms with Gasteiger partial charge in [-0.1, -0.05) is 12.1 Å². The van der Waals surface area contributed by atoms with E-state index in [1.807, 2.05) is 4.72 Å². The minimum Gasteiger partial charge on any atom is -0.394 e. The molecule has 0 unspecified atom stereocenters. The van der Waals surface area contributed by atoms with Crippen LogP contribution in [0.4, 0.5) is 20.2 Å². The minimum atomic E-state index is -4.20. The zero-order valence-corrected chi connectivity index (χ0v) is 11.3. The van der Waals surface area contributed by atoms with E-state index in [4.69, 9.17) is 11.0 Å². The highest BCUT2D eigenvalue weighted by Gasteiger charge is 2.21. The molecule has 0 aliphatic rings. The van der Waals surface area contributed by atoms with Crippen molar-refractivity contribution in [1.82, 2.24) is 0 Å². The van der Waals surface area contributed by atoms with Gasteiger partial charge in [-0.25, -0.2) is 17.2 Å². The molecule has 0 aliphatic heterocycles. The Morgan fingerprint density at radius 1 is 1.14 bits per heavy atom. The van der Waals surface area contributed by atoms with Crippen molar-refractivity contribution in [2.24, 2.45) is 0 Å². The Bertz CT molecular complexity index is 845. The van der Waals surface area contributed by atoms with Crippen LogP contribution in [-0.4, -0.2) is 8.42 Å². The molecule has 5 nitrogen and oxygen atoms in total. The summed E-state index contributed by atoms with van der Waals surface area (Å²) < 4.78 is 53.1. The monoisotopic (exact) mass is 309 g/mol. The molecule has 0 saturated carbocycles. The summed E-state index contributed by atoms with van der Waals surface area (Å²) in [6.45, 7) is 0. The van der Waals surface area contributed by atoms with Crippen molar-refractivity contribution in [3.63, 3.8) is 0 Å². The maximum absolute atomic E-state index is 13.7. The highest BCUT2D eigenvalue weighted by atomic mass is 32.2. The number of hydrogen-bond acceptors (Lipinski definition) is 4. The molecule has 0 bridgehead atoms. The lowest BCUT2D eigenvalue weighted by Crippen LogP contribution is -2.16. The van der Waals surface area contributed by atoms with E-state index in [2.05, 4.69) is 0 Å². The second kappa shape index (κ2) is 5.38. The lowest BCUT2D eigenvalue weighted by atomic mass is 10.2. The highest BCUT2D eigenvalue weighted by Crippen LogP contribution is 2.26. The average Bonchev–Trinajstić information content (AvgIpc) is 2.48. The van der Waals surface area contributed by atoms with Crippen molar-refractivity contribution in [1.29, 1.82) is 5.26 Å². The number of sulfonamides is 1. The van der Waals surface area contributed by atoms with Gasteiger partial charge in [0.25, 0.3) is 10.0 Å². The molecule has 108 valence electrons. The molecule has 8 heteroatoms. The van der Waals surface area contributed by atoms with Gasteiger partial charge in [-0.2, -0.15) is 5.26 Å². The molecule has 0 saturated heterocycles. The molecular formula is C13H9F2N3O2S. The van der Waals surface area contributed by atoms with Crippen LogP contribution >= 0.6 is 0 Å². The SMILES string of the molecule is N#Cc1ccccc1S(=O)(=O)Nc1ccc(F)c(N)c1F. The van der Waals surface area contributed by atoms with Crippen LogP contribution in [0.5, 0.6) is 0 Å². The van der Waals surface area contributed by atoms with Crippen LogP contribution in [0.15, 0.2) is 41.3 Å². The van der Waals surface area contributed by atoms with E-state index in [0.29, 0.717) is 0 Å². The first kappa shape index (κ1) is 14.7. The van der Waals surface area contributed by atoms with Crippen molar-refractivity contribution in [3.05, 3.63) is 53.6 Å². The van der Waals surface area contributed by atoms with Gasteiger partial charge in [-0.3, -0.25) is 4.72 Å². The molecule has 0 spiro atoms. The van der Waals surface area contributed by atoms with Crippen LogP contribution in [0.25, 0.3) is 0 Å². The Hall–Kier alpha value is -2.66. The van der Waals surface area contributed by atoms with Gasteiger partial charge in [0.15, 0.2) is 5.82 Å². The van der Waals surface area contributed by atoms with E-state index in [0.717, 1.165) is 12.1 Å². The molecular weight excluding hydrogens is 300 g/mol. The normalized spacial score (nSPS) is 10.9. The van der Waals surface area contributed by atoms with Crippen molar-refractivity contribution in [2.75, 3.05) is 10.5 Å². The molecule has 2 aromatic carbocycles. The van der Waals surface area contributed by atoms with Crippen molar-refractivity contribution >= 4 is 21.4 Å². The summed E-state index contributed by atoms with van der Waals surface area (Å²) >= 11 is 0. The Kier molecular flexibility index (Phi) is 3.78. The number of nitriles is 1. The topological polar surface area (TPSA) is 96.0 Å². The summed E-state index contributed by atoms with van der Waals surface area (Å²) in [5.41, 5.74) is 3.78. The van der Waals surface area contributed by atoms with Crippen LogP contribution in [0.3, 0.4) is 0 Å². The van der Waals surface area contributed by atoms with E-state index in [1.165, 1.54) is 24.3 Å². The van der Waals surface area contributed by atoms with Gasteiger partial charge < -0.3 is 5.73 Å². The molecule has 0 heterocycles. The largest absolute Gasteiger partial charge is 0.394 e. The third kappa shape index (κ3) is 2.78. The second-order valence-electron chi connectivity index (χ2n) is 4.04. The highest BCUT2D eigenvalue weighted by molar-refractivity contribution is 7.92. The van der Waals surface area contributed by atoms with Crippen LogP contribution in [-0.2, 0) is 10.0 Å². The van der Waals surface area contributed by atoms with Gasteiger partial charge in [0.2, 0.25) is 0 Å². The van der Waals surface area contributed by atoms with E-state index in [9.17, 15) is 17.2 Å². The lowest BCUT2D eigenvalue weighted by molar-refractivity contribution is 0.589. The number of nitrogens with two attached hydrogens (primary N) is 1. The molecule has 2 rings (SSSR count). The van der Waals surface area contributed by atoms with Crippen LogP contribution in [0.1, 0.15) is 5.56 Å². The fourth-order valence-electron chi connectivity index (χ4n) is 1.64. The summed E-state index contributed by atoms with van der Waals surface area (Å²) in [5.74, 6) is -2.21. The third-order valence-corrected chi connectivity index (χ3v) is 4.09. The van der Waals surface area contributed by atoms with Gasteiger partial charge in [0.05, 0.1) is 11.3 Å². The predicted molar refractivity (Wildman–Crippen MR) is 72.7 cm³/mol. The van der Waals surface area contributed by atoms with Gasteiger partial charge in [-0.15, -0.1) is 0 Å². The van der Waals surface area contributed by atoms with Crippen LogP contribution in [0, 0.1) is 23.0 Å². The molecule has 0 fully saturated rings. The Balaban J connectivity index is 2.48. The number of nitrogens with one attached hydrogen (secondary N) is 1. The first-order chi connectivity index (χ1) is 9.86. The molecule has 0 aromatic heterocycles. The van der Waals surface area contributed by atoms with E-state index in [-0.39, 0.29) is 10.5 Å². The number of nitrogens with zero attached hydrogens (tertiary/aromatic N) is 1. The standard InChI is InChI=1S/C13H9F2N3O2S/c14-9-5-6-10(12(15)13(9)17)18-21(19,20)11-4-2-1-3-8(11)7-16/h1-6,18H,17H2. The predicted octanol–water partition coefficient (Wildman–Crippen LogP) is 2.22. The number of benzene rings is 2. The Morgan fingerprint density at radius 2 is 1.81 bits per heavy atom. The number of nitrogen functional groups attached to an aromatic ring is 1. The zero-order chi connectivity index (χ0) is 15.6. The van der Waals surface area contributed by atoms with Gasteiger partial charge in [0.1, 0.15) is 22.5 Å². The zero-order valence-electron chi connectivity index (χ0n) is 10.5. The van der Waals surface area contributed by atoms with Crippen LogP contribution < -0.4 is 10.5 Å². The number of hydrogen-bond donors (Lipinski definition) is 2. The van der Waals surface area contributed by atoms with E-state index >= 15 is 0 Å². The van der Waals surface area contributed by atoms with Gasteiger partial charge in [0, 0.05) is 0 Å². The number of halogens is 2. The summed E-state index contributed by atoms with van der Waals surface area (Å²) in [4.78, 5) is -0.310. The Labute approximate surface area is 119 Å². The number of rotatable bonds is 3. The molecule has 21 heavy (non-hydrogen) atoms. The number of anilines is 2. The molecule has 0 amide bonds. The molecule has 0 radical (unpaired) electrons. The fourth-order valence-corrected chi connectivity index (χ4v) is 2.86. The summed E-state index contributed by atoms with van der Waals surface area (Å²) in [6, 6.07) is 8.90. The first-order valence-corrected chi connectivity index (χ1v) is 7.10.